The molecule has 0 bridgehead atoms. The Morgan fingerprint density at radius 1 is 1.47 bits per heavy atom. The number of nitrogens with zero attached hydrogens (tertiary/aromatic N) is 1. The van der Waals surface area contributed by atoms with E-state index in [1.165, 1.54) is 25.3 Å². The van der Waals surface area contributed by atoms with E-state index in [2.05, 4.69) is 0 Å². The van der Waals surface area contributed by atoms with E-state index in [1.807, 2.05) is 19.3 Å². The summed E-state index contributed by atoms with van der Waals surface area (Å²) < 4.78 is 4.80. The third kappa shape index (κ3) is 3.42. The second kappa shape index (κ2) is 7.18. The number of nitrogen functional groups attached to an aromatic ring is 1. The third-order valence-electron chi connectivity index (χ3n) is 1.77. The van der Waals surface area contributed by atoms with Crippen LogP contribution in [0.1, 0.15) is 24.2 Å². The number of carbonyl (C=O) groups is 1. The molecule has 1 aromatic rings. The highest BCUT2D eigenvalue weighted by Gasteiger charge is 2.21. The van der Waals surface area contributed by atoms with Crippen molar-refractivity contribution in [3.8, 4) is 5.75 Å². The van der Waals surface area contributed by atoms with Gasteiger partial charge >= 0.3 is 5.69 Å². The van der Waals surface area contributed by atoms with E-state index in [0.29, 0.717) is 0 Å². The van der Waals surface area contributed by atoms with Crippen LogP contribution in [0.3, 0.4) is 0 Å². The number of hydrogen-bond donors (Lipinski definition) is 2. The van der Waals surface area contributed by atoms with Crippen LogP contribution < -0.4 is 16.0 Å². The molecule has 0 saturated carbocycles. The van der Waals surface area contributed by atoms with Gasteiger partial charge in [0.25, 0.3) is 5.91 Å². The second-order valence-electron chi connectivity index (χ2n) is 2.59. The number of nitrogens with two attached hydrogens (primary N) is 1. The van der Waals surface area contributed by atoms with Gasteiger partial charge in [-0.15, -0.1) is 0 Å². The van der Waals surface area contributed by atoms with Crippen molar-refractivity contribution in [2.45, 2.75) is 13.8 Å². The molecule has 0 aromatic heterocycles. The smallest absolute Gasteiger partial charge is 0.311 e. The first kappa shape index (κ1) is 14.8. The molecule has 3 N–H and O–H groups in total. The number of hydrogen-bond acceptors (Lipinski definition) is 5. The fraction of sp³-hybridized carbons (Fsp3) is 0.300. The molecule has 0 aliphatic heterocycles. The van der Waals surface area contributed by atoms with E-state index in [1.54, 1.807) is 0 Å². The fourth-order valence-corrected chi connectivity index (χ4v) is 1.14. The van der Waals surface area contributed by atoms with Gasteiger partial charge in [-0.1, -0.05) is 19.9 Å². The van der Waals surface area contributed by atoms with Gasteiger partial charge in [-0.3, -0.25) is 20.3 Å². The van der Waals surface area contributed by atoms with Gasteiger partial charge in [0, 0.05) is 6.07 Å². The normalized spacial score (nSPS) is 8.71. The van der Waals surface area contributed by atoms with E-state index in [0.717, 1.165) is 0 Å². The van der Waals surface area contributed by atoms with Crippen LogP contribution >= 0.6 is 0 Å². The van der Waals surface area contributed by atoms with Crippen LogP contribution in [-0.2, 0) is 0 Å². The fourth-order valence-electron chi connectivity index (χ4n) is 1.14. The quantitative estimate of drug-likeness (QED) is 0.358. The van der Waals surface area contributed by atoms with Crippen molar-refractivity contribution in [2.75, 3.05) is 7.11 Å². The van der Waals surface area contributed by atoms with Crippen molar-refractivity contribution in [2.24, 2.45) is 5.84 Å². The Bertz CT molecular complexity index is 407. The third-order valence-corrected chi connectivity index (χ3v) is 1.77. The van der Waals surface area contributed by atoms with Crippen LogP contribution in [0.2, 0.25) is 0 Å². The van der Waals surface area contributed by atoms with Crippen LogP contribution in [0, 0.1) is 10.1 Å². The first-order valence-corrected chi connectivity index (χ1v) is 4.94. The topological polar surface area (TPSA) is 107 Å². The lowest BCUT2D eigenvalue weighted by Gasteiger charge is -2.06. The molecular weight excluding hydrogens is 226 g/mol. The second-order valence-corrected chi connectivity index (χ2v) is 2.59. The van der Waals surface area contributed by atoms with Crippen LogP contribution in [-0.4, -0.2) is 17.9 Å². The summed E-state index contributed by atoms with van der Waals surface area (Å²) in [5, 5.41) is 10.6. The van der Waals surface area contributed by atoms with Gasteiger partial charge in [0.15, 0.2) is 0 Å². The van der Waals surface area contributed by atoms with Gasteiger partial charge in [0.1, 0.15) is 0 Å². The molecule has 1 aromatic carbocycles. The molecule has 1 amide bonds. The molecule has 0 unspecified atom stereocenters. The van der Waals surface area contributed by atoms with Gasteiger partial charge in [-0.05, 0) is 6.07 Å². The predicted molar refractivity (Wildman–Crippen MR) is 62.7 cm³/mol. The van der Waals surface area contributed by atoms with E-state index in [4.69, 9.17) is 10.6 Å². The number of nitro groups is 1. The number of nitrogens with one attached hydrogen (secondary N) is 1. The molecular formula is C10H15N3O4. The van der Waals surface area contributed by atoms with E-state index in [-0.39, 0.29) is 17.0 Å². The summed E-state index contributed by atoms with van der Waals surface area (Å²) in [6.07, 6.45) is 0. The highest BCUT2D eigenvalue weighted by molar-refractivity contribution is 5.97. The molecule has 0 spiro atoms. The standard InChI is InChI=1S/C8H9N3O4.C2H6/c1-15-7-5(8(12)10-9)3-2-4-6(7)11(13)14;1-2/h2-4H,9H2,1H3,(H,10,12);1-2H3. The Morgan fingerprint density at radius 3 is 2.47 bits per heavy atom. The minimum absolute atomic E-state index is 0.0224. The zero-order valence-corrected chi connectivity index (χ0v) is 9.89. The molecule has 0 radical (unpaired) electrons. The molecule has 0 fully saturated rings. The van der Waals surface area contributed by atoms with Crippen molar-refractivity contribution in [3.63, 3.8) is 0 Å². The Morgan fingerprint density at radius 2 is 2.06 bits per heavy atom. The summed E-state index contributed by atoms with van der Waals surface area (Å²) in [7, 11) is 1.25. The Hall–Kier alpha value is -2.15. The van der Waals surface area contributed by atoms with Crippen LogP contribution in [0.25, 0.3) is 0 Å². The van der Waals surface area contributed by atoms with Crippen LogP contribution in [0.5, 0.6) is 5.75 Å². The minimum atomic E-state index is -0.643. The van der Waals surface area contributed by atoms with Crippen molar-refractivity contribution in [1.29, 1.82) is 0 Å². The minimum Gasteiger partial charge on any atom is -0.490 e. The Labute approximate surface area is 98.7 Å². The average molecular weight is 241 g/mol. The molecule has 0 atom stereocenters. The summed E-state index contributed by atoms with van der Waals surface area (Å²) >= 11 is 0. The van der Waals surface area contributed by atoms with E-state index in [9.17, 15) is 14.9 Å². The van der Waals surface area contributed by atoms with E-state index >= 15 is 0 Å². The van der Waals surface area contributed by atoms with Crippen molar-refractivity contribution in [1.82, 2.24) is 5.43 Å². The number of amides is 1. The first-order chi connectivity index (χ1) is 8.11. The lowest BCUT2D eigenvalue weighted by Crippen LogP contribution is -2.30. The van der Waals surface area contributed by atoms with Crippen molar-refractivity contribution in [3.05, 3.63) is 33.9 Å². The van der Waals surface area contributed by atoms with E-state index < -0.39 is 10.8 Å². The maximum Gasteiger partial charge on any atom is 0.311 e. The molecule has 0 aliphatic carbocycles. The van der Waals surface area contributed by atoms with Crippen molar-refractivity contribution < 1.29 is 14.5 Å². The number of methoxy groups -OCH3 is 1. The van der Waals surface area contributed by atoms with Gasteiger partial charge in [0.05, 0.1) is 17.6 Å². The SMILES string of the molecule is CC.COc1c(C(=O)NN)cccc1[N+](=O)[O-]. The summed E-state index contributed by atoms with van der Waals surface area (Å²) in [5.74, 6) is 4.18. The van der Waals surface area contributed by atoms with Gasteiger partial charge in [-0.2, -0.15) is 0 Å². The zero-order valence-electron chi connectivity index (χ0n) is 9.89. The largest absolute Gasteiger partial charge is 0.490 e. The first-order valence-electron chi connectivity index (χ1n) is 4.94. The number of para-hydroxylation sites is 1. The van der Waals surface area contributed by atoms with Gasteiger partial charge in [-0.25, -0.2) is 5.84 Å². The summed E-state index contributed by atoms with van der Waals surface area (Å²) in [5.41, 5.74) is 1.62. The average Bonchev–Trinajstić information content (AvgIpc) is 2.38. The monoisotopic (exact) mass is 241 g/mol. The van der Waals surface area contributed by atoms with Crippen molar-refractivity contribution >= 4 is 11.6 Å². The van der Waals surface area contributed by atoms with Crippen LogP contribution in [0.15, 0.2) is 18.2 Å². The van der Waals surface area contributed by atoms with Gasteiger partial charge in [0.2, 0.25) is 5.75 Å². The molecule has 7 heteroatoms. The number of hydrazine groups is 1. The van der Waals surface area contributed by atoms with Gasteiger partial charge < -0.3 is 4.74 Å². The molecule has 0 heterocycles. The lowest BCUT2D eigenvalue weighted by molar-refractivity contribution is -0.385. The number of rotatable bonds is 3. The maximum absolute atomic E-state index is 11.2. The zero-order chi connectivity index (χ0) is 13.4. The molecule has 94 valence electrons. The molecule has 7 nitrogen and oxygen atoms in total. The Kier molecular flexibility index (Phi) is 6.27. The summed E-state index contributed by atoms with van der Waals surface area (Å²) in [6.45, 7) is 4.00. The number of benzene rings is 1. The molecule has 17 heavy (non-hydrogen) atoms. The number of carbonyl (C=O) groups excluding carboxylic acids is 1. The maximum atomic E-state index is 11.2. The highest BCUT2D eigenvalue weighted by Crippen LogP contribution is 2.30. The van der Waals surface area contributed by atoms with Crippen LogP contribution in [0.4, 0.5) is 5.69 Å². The lowest BCUT2D eigenvalue weighted by atomic mass is 10.1. The molecule has 0 aliphatic rings. The predicted octanol–water partition coefficient (Wildman–Crippen LogP) is 1.23. The summed E-state index contributed by atoms with van der Waals surface area (Å²) in [4.78, 5) is 21.2. The highest BCUT2D eigenvalue weighted by atomic mass is 16.6. The molecule has 1 rings (SSSR count). The molecule has 0 saturated heterocycles. The number of ether oxygens (including phenoxy) is 1. The summed E-state index contributed by atoms with van der Waals surface area (Å²) in [6, 6.07) is 4.01. The number of nitro benzene ring substituents is 1. The Balaban J connectivity index is 0.00000121.